The van der Waals surface area contributed by atoms with E-state index in [2.05, 4.69) is 31.9 Å². The molecule has 5 fully saturated rings. The predicted octanol–water partition coefficient (Wildman–Crippen LogP) is 4.33. The fraction of sp³-hybridized carbons (Fsp3) is 0.720. The number of anilines is 1. The minimum atomic E-state index is 0.110. The maximum absolute atomic E-state index is 13.0. The summed E-state index contributed by atoms with van der Waals surface area (Å²) >= 11 is 1.48. The van der Waals surface area contributed by atoms with Crippen molar-refractivity contribution in [3.8, 4) is 0 Å². The van der Waals surface area contributed by atoms with E-state index < -0.39 is 0 Å². The van der Waals surface area contributed by atoms with Crippen molar-refractivity contribution in [1.82, 2.24) is 20.1 Å². The van der Waals surface area contributed by atoms with Crippen molar-refractivity contribution in [1.29, 1.82) is 0 Å². The van der Waals surface area contributed by atoms with Crippen LogP contribution < -0.4 is 10.2 Å². The third-order valence-electron chi connectivity index (χ3n) is 8.69. The smallest absolute Gasteiger partial charge is 0.230 e. The van der Waals surface area contributed by atoms with Gasteiger partial charge in [-0.15, -0.1) is 10.2 Å². The third kappa shape index (κ3) is 4.19. The maximum atomic E-state index is 13.0. The molecule has 8 heteroatoms. The molecule has 33 heavy (non-hydrogen) atoms. The summed E-state index contributed by atoms with van der Waals surface area (Å²) < 4.78 is 7.69. The Hall–Kier alpha value is -1.96. The average Bonchev–Trinajstić information content (AvgIpc) is 3.54. The van der Waals surface area contributed by atoms with E-state index >= 15 is 0 Å². The Morgan fingerprint density at radius 1 is 1.18 bits per heavy atom. The molecule has 4 bridgehead atoms. The van der Waals surface area contributed by atoms with Crippen molar-refractivity contribution in [2.75, 3.05) is 23.7 Å². The van der Waals surface area contributed by atoms with Crippen LogP contribution >= 0.6 is 11.8 Å². The number of nitrogens with one attached hydrogen (secondary N) is 1. The van der Waals surface area contributed by atoms with Crippen molar-refractivity contribution in [3.63, 3.8) is 0 Å². The fourth-order valence-corrected chi connectivity index (χ4v) is 8.25. The minimum Gasteiger partial charge on any atom is -0.467 e. The summed E-state index contributed by atoms with van der Waals surface area (Å²) in [6.07, 6.45) is 12.3. The molecule has 1 amide bonds. The molecule has 0 aromatic carbocycles. The van der Waals surface area contributed by atoms with Crippen LogP contribution in [0.1, 0.15) is 64.1 Å². The summed E-state index contributed by atoms with van der Waals surface area (Å²) in [5.41, 5.74) is 0.331. The molecule has 0 radical (unpaired) electrons. The Bertz CT molecular complexity index is 946. The first-order chi connectivity index (χ1) is 16.1. The van der Waals surface area contributed by atoms with Gasteiger partial charge in [-0.05, 0) is 93.6 Å². The van der Waals surface area contributed by atoms with Gasteiger partial charge in [-0.3, -0.25) is 9.36 Å². The lowest BCUT2D eigenvalue weighted by molar-refractivity contribution is -0.123. The van der Waals surface area contributed by atoms with E-state index in [1.54, 1.807) is 6.26 Å². The van der Waals surface area contributed by atoms with Crippen LogP contribution in [0.2, 0.25) is 0 Å². The summed E-state index contributed by atoms with van der Waals surface area (Å²) in [7, 11) is 0. The summed E-state index contributed by atoms with van der Waals surface area (Å²) in [5, 5.41) is 13.1. The largest absolute Gasteiger partial charge is 0.467 e. The molecule has 178 valence electrons. The molecule has 7 rings (SSSR count). The number of thioether (sulfide) groups is 1. The molecule has 7 nitrogen and oxygen atoms in total. The van der Waals surface area contributed by atoms with Crippen molar-refractivity contribution in [2.24, 2.45) is 23.2 Å². The van der Waals surface area contributed by atoms with Crippen LogP contribution in [0.15, 0.2) is 28.0 Å². The van der Waals surface area contributed by atoms with Gasteiger partial charge in [0.2, 0.25) is 11.9 Å². The second-order valence-electron chi connectivity index (χ2n) is 11.0. The predicted molar refractivity (Wildman–Crippen MR) is 128 cm³/mol. The van der Waals surface area contributed by atoms with Gasteiger partial charge in [-0.1, -0.05) is 11.8 Å². The zero-order chi connectivity index (χ0) is 22.4. The fourth-order valence-electron chi connectivity index (χ4n) is 7.51. The first kappa shape index (κ1) is 21.6. The van der Waals surface area contributed by atoms with Crippen LogP contribution in [-0.4, -0.2) is 45.6 Å². The van der Waals surface area contributed by atoms with E-state index in [0.29, 0.717) is 17.7 Å². The maximum Gasteiger partial charge on any atom is 0.230 e. The van der Waals surface area contributed by atoms with Crippen molar-refractivity contribution < 1.29 is 9.21 Å². The molecule has 0 spiro atoms. The van der Waals surface area contributed by atoms with Crippen LogP contribution in [0.5, 0.6) is 0 Å². The highest BCUT2D eigenvalue weighted by Crippen LogP contribution is 2.61. The van der Waals surface area contributed by atoms with Gasteiger partial charge in [0.1, 0.15) is 5.76 Å². The molecule has 1 aliphatic heterocycles. The van der Waals surface area contributed by atoms with E-state index in [0.717, 1.165) is 47.7 Å². The quantitative estimate of drug-likeness (QED) is 0.580. The Morgan fingerprint density at radius 2 is 1.88 bits per heavy atom. The number of furan rings is 1. The minimum absolute atomic E-state index is 0.110. The Labute approximate surface area is 200 Å². The lowest BCUT2D eigenvalue weighted by Crippen LogP contribution is -2.56. The summed E-state index contributed by atoms with van der Waals surface area (Å²) in [5.74, 6) is 4.93. The standard InChI is InChI=1S/C25H35N5O2S/c1-17(25-12-18-9-19(13-25)11-20(10-18)14-25)26-22(31)16-33-24-28-27-23(29-6-2-3-7-29)30(24)15-21-5-4-8-32-21/h4-5,8,17-20H,2-3,6-7,9-16H2,1H3,(H,26,31). The molecule has 4 saturated carbocycles. The molecule has 1 atom stereocenters. The molecule has 1 N–H and O–H groups in total. The van der Waals surface area contributed by atoms with Gasteiger partial charge in [0.15, 0.2) is 5.16 Å². The highest BCUT2D eigenvalue weighted by Gasteiger charge is 2.53. The van der Waals surface area contributed by atoms with Crippen molar-refractivity contribution >= 4 is 23.6 Å². The molecule has 3 heterocycles. The first-order valence-electron chi connectivity index (χ1n) is 12.7. The first-order valence-corrected chi connectivity index (χ1v) is 13.7. The highest BCUT2D eigenvalue weighted by atomic mass is 32.2. The summed E-state index contributed by atoms with van der Waals surface area (Å²) in [6.45, 7) is 4.84. The molecular weight excluding hydrogens is 434 g/mol. The monoisotopic (exact) mass is 469 g/mol. The van der Waals surface area contributed by atoms with Crippen LogP contribution in [-0.2, 0) is 11.3 Å². The average molecular weight is 470 g/mol. The van der Waals surface area contributed by atoms with Gasteiger partial charge >= 0.3 is 0 Å². The van der Waals surface area contributed by atoms with E-state index in [4.69, 9.17) is 4.42 Å². The topological polar surface area (TPSA) is 76.2 Å². The van der Waals surface area contributed by atoms with Gasteiger partial charge < -0.3 is 14.6 Å². The van der Waals surface area contributed by atoms with Crippen molar-refractivity contribution in [3.05, 3.63) is 24.2 Å². The van der Waals surface area contributed by atoms with Gasteiger partial charge in [-0.2, -0.15) is 0 Å². The molecule has 5 aliphatic rings. The number of rotatable bonds is 8. The van der Waals surface area contributed by atoms with Gasteiger partial charge in [0.05, 0.1) is 18.6 Å². The molecule has 1 saturated heterocycles. The number of amides is 1. The van der Waals surface area contributed by atoms with Gasteiger partial charge in [0.25, 0.3) is 0 Å². The Kier molecular flexibility index (Phi) is 5.67. The lowest BCUT2D eigenvalue weighted by Gasteiger charge is -2.59. The zero-order valence-corrected chi connectivity index (χ0v) is 20.4. The number of hydrogen-bond donors (Lipinski definition) is 1. The normalized spacial score (nSPS) is 31.3. The Morgan fingerprint density at radius 3 is 2.52 bits per heavy atom. The van der Waals surface area contributed by atoms with Crippen LogP contribution in [0.4, 0.5) is 5.95 Å². The van der Waals surface area contributed by atoms with E-state index in [1.807, 2.05) is 12.1 Å². The lowest BCUT2D eigenvalue weighted by atomic mass is 9.48. The van der Waals surface area contributed by atoms with Gasteiger partial charge in [0, 0.05) is 19.1 Å². The summed E-state index contributed by atoms with van der Waals surface area (Å²) in [4.78, 5) is 15.3. The molecule has 2 aromatic rings. The van der Waals surface area contributed by atoms with Crippen LogP contribution in [0, 0.1) is 23.2 Å². The summed E-state index contributed by atoms with van der Waals surface area (Å²) in [6, 6.07) is 4.13. The number of carbonyl (C=O) groups excluding carboxylic acids is 1. The van der Waals surface area contributed by atoms with Gasteiger partial charge in [-0.25, -0.2) is 0 Å². The molecular formula is C25H35N5O2S. The highest BCUT2D eigenvalue weighted by molar-refractivity contribution is 7.99. The molecule has 4 aliphatic carbocycles. The SMILES string of the molecule is CC(NC(=O)CSc1nnc(N2CCCC2)n1Cc1ccco1)C12CC3CC(CC(C3)C1)C2. The van der Waals surface area contributed by atoms with E-state index in [9.17, 15) is 4.79 Å². The molecule has 2 aromatic heterocycles. The number of hydrogen-bond acceptors (Lipinski definition) is 6. The third-order valence-corrected chi connectivity index (χ3v) is 9.66. The van der Waals surface area contributed by atoms with Crippen LogP contribution in [0.25, 0.3) is 0 Å². The molecule has 1 unspecified atom stereocenters. The van der Waals surface area contributed by atoms with Crippen molar-refractivity contribution in [2.45, 2.75) is 76.0 Å². The second kappa shape index (κ2) is 8.67. The van der Waals surface area contributed by atoms with E-state index in [-0.39, 0.29) is 11.9 Å². The zero-order valence-electron chi connectivity index (χ0n) is 19.5. The van der Waals surface area contributed by atoms with Crippen LogP contribution in [0.3, 0.4) is 0 Å². The number of aromatic nitrogens is 3. The van der Waals surface area contributed by atoms with E-state index in [1.165, 1.54) is 63.1 Å². The Balaban J connectivity index is 1.11. The number of carbonyl (C=O) groups is 1. The second-order valence-corrected chi connectivity index (χ2v) is 11.9. The number of nitrogens with zero attached hydrogens (tertiary/aromatic N) is 4.